The molecule has 0 bridgehead atoms. The minimum Gasteiger partial charge on any atom is -0.0936 e. The van der Waals surface area contributed by atoms with Crippen LogP contribution in [0.15, 0.2) is 35.2 Å². The largest absolute Gasteiger partial charge is 0.310 e. The molecule has 98 valence electrons. The molecule has 0 aromatic heterocycles. The molecule has 0 aliphatic heterocycles. The van der Waals surface area contributed by atoms with E-state index >= 15 is 0 Å². The zero-order valence-corrected chi connectivity index (χ0v) is 10.5. The van der Waals surface area contributed by atoms with Crippen molar-refractivity contribution in [1.82, 2.24) is 0 Å². The van der Waals surface area contributed by atoms with Gasteiger partial charge in [-0.05, 0) is 12.1 Å². The highest BCUT2D eigenvalue weighted by Gasteiger charge is 2.65. The first-order chi connectivity index (χ1) is 7.09. The van der Waals surface area contributed by atoms with Crippen LogP contribution in [0.25, 0.3) is 0 Å². The van der Waals surface area contributed by atoms with Gasteiger partial charge in [0.2, 0.25) is 0 Å². The summed E-state index contributed by atoms with van der Waals surface area (Å²) in [5, 5.41) is 0. The molecule has 1 aromatic carbocycles. The van der Waals surface area contributed by atoms with E-state index in [1.165, 1.54) is 6.07 Å². The van der Waals surface area contributed by atoms with Crippen LogP contribution in [-0.2, 0) is 0 Å². The standard InChI is InChI=1S/C6H5F5S.2C2H6/c7-12(8,9,10,11)6-4-2-1-3-5-6;2*1-2/h1-5H;2*1-2H3. The summed E-state index contributed by atoms with van der Waals surface area (Å²) in [4.78, 5) is -1.85. The fraction of sp³-hybridized carbons (Fsp3) is 0.400. The Kier molecular flexibility index (Phi) is 5.54. The Hall–Kier alpha value is -0.780. The molecule has 0 nitrogen and oxygen atoms in total. The number of benzene rings is 1. The first-order valence-electron chi connectivity index (χ1n) is 4.89. The topological polar surface area (TPSA) is 0 Å². The van der Waals surface area contributed by atoms with Gasteiger partial charge in [-0.25, -0.2) is 0 Å². The fourth-order valence-corrected chi connectivity index (χ4v) is 1.35. The van der Waals surface area contributed by atoms with Crippen LogP contribution in [0.1, 0.15) is 27.7 Å². The van der Waals surface area contributed by atoms with Gasteiger partial charge in [0.05, 0.1) is 0 Å². The van der Waals surface area contributed by atoms with Gasteiger partial charge in [-0.15, -0.1) is 0 Å². The van der Waals surface area contributed by atoms with Crippen molar-refractivity contribution in [2.75, 3.05) is 0 Å². The van der Waals surface area contributed by atoms with Gasteiger partial charge in [0, 0.05) is 0 Å². The molecule has 0 unspecified atom stereocenters. The third kappa shape index (κ3) is 6.66. The van der Waals surface area contributed by atoms with Gasteiger partial charge >= 0.3 is 10.2 Å². The molecular formula is C10H17F5S. The fourth-order valence-electron chi connectivity index (χ4n) is 0.678. The maximum absolute atomic E-state index is 11.9. The van der Waals surface area contributed by atoms with E-state index in [1.54, 1.807) is 0 Å². The van der Waals surface area contributed by atoms with Crippen LogP contribution in [0.4, 0.5) is 19.4 Å². The molecule has 0 amide bonds. The summed E-state index contributed by atoms with van der Waals surface area (Å²) in [7, 11) is -9.43. The number of halogens is 5. The van der Waals surface area contributed by atoms with E-state index in [0.717, 1.165) is 12.1 Å². The van der Waals surface area contributed by atoms with Crippen molar-refractivity contribution >= 4 is 10.2 Å². The predicted octanol–water partition coefficient (Wildman–Crippen LogP) is 6.40. The summed E-state index contributed by atoms with van der Waals surface area (Å²) in [5.41, 5.74) is 0. The second kappa shape index (κ2) is 5.03. The highest BCUT2D eigenvalue weighted by molar-refractivity contribution is 8.45. The molecule has 0 aliphatic carbocycles. The van der Waals surface area contributed by atoms with Crippen LogP contribution in [-0.4, -0.2) is 0 Å². The van der Waals surface area contributed by atoms with E-state index < -0.39 is 15.1 Å². The minimum absolute atomic E-state index is 0.363. The predicted molar refractivity (Wildman–Crippen MR) is 60.5 cm³/mol. The highest BCUT2D eigenvalue weighted by atomic mass is 32.5. The summed E-state index contributed by atoms with van der Waals surface area (Å²) in [6.07, 6.45) is 0. The second-order valence-electron chi connectivity index (χ2n) is 2.28. The van der Waals surface area contributed by atoms with Gasteiger partial charge in [0.15, 0.2) is 0 Å². The normalized spacial score (nSPS) is 14.3. The summed E-state index contributed by atoms with van der Waals surface area (Å²) >= 11 is 0. The van der Waals surface area contributed by atoms with Gasteiger partial charge in [-0.2, -0.15) is 0 Å². The van der Waals surface area contributed by atoms with Crippen molar-refractivity contribution in [2.45, 2.75) is 32.6 Å². The molecule has 0 spiro atoms. The molecule has 0 N–H and O–H groups in total. The summed E-state index contributed by atoms with van der Waals surface area (Å²) < 4.78 is 59.7. The minimum atomic E-state index is -9.43. The molecule has 0 aliphatic rings. The Morgan fingerprint density at radius 3 is 1.19 bits per heavy atom. The van der Waals surface area contributed by atoms with Crippen LogP contribution >= 0.6 is 10.2 Å². The lowest BCUT2D eigenvalue weighted by atomic mass is 10.4. The van der Waals surface area contributed by atoms with Gasteiger partial charge in [-0.3, -0.25) is 0 Å². The van der Waals surface area contributed by atoms with E-state index in [0.29, 0.717) is 12.1 Å². The van der Waals surface area contributed by atoms with Crippen LogP contribution < -0.4 is 0 Å². The average Bonchev–Trinajstić information content (AvgIpc) is 2.22. The lowest BCUT2D eigenvalue weighted by molar-refractivity contribution is 0.364. The lowest BCUT2D eigenvalue weighted by Gasteiger charge is -2.40. The van der Waals surface area contributed by atoms with Crippen LogP contribution in [0.2, 0.25) is 0 Å². The third-order valence-corrected chi connectivity index (χ3v) is 2.35. The Morgan fingerprint density at radius 2 is 1.00 bits per heavy atom. The molecule has 1 rings (SSSR count). The van der Waals surface area contributed by atoms with Crippen LogP contribution in [0.5, 0.6) is 0 Å². The number of rotatable bonds is 1. The first kappa shape index (κ1) is 17.6. The van der Waals surface area contributed by atoms with Gasteiger partial charge in [0.1, 0.15) is 4.90 Å². The van der Waals surface area contributed by atoms with Crippen LogP contribution in [0, 0.1) is 0 Å². The molecule has 0 heterocycles. The lowest BCUT2D eigenvalue weighted by Crippen LogP contribution is -2.05. The Morgan fingerprint density at radius 1 is 0.688 bits per heavy atom. The van der Waals surface area contributed by atoms with Crippen molar-refractivity contribution in [2.24, 2.45) is 0 Å². The SMILES string of the molecule is CC.CC.FS(F)(F)(F)(F)c1ccccc1. The smallest absolute Gasteiger partial charge is 0.0936 e. The molecule has 1 aromatic rings. The highest BCUT2D eigenvalue weighted by Crippen LogP contribution is 3.02. The summed E-state index contributed by atoms with van der Waals surface area (Å²) in [6.45, 7) is 8.00. The monoisotopic (exact) mass is 264 g/mol. The van der Waals surface area contributed by atoms with Gasteiger partial charge < -0.3 is 0 Å². The van der Waals surface area contributed by atoms with E-state index in [9.17, 15) is 19.4 Å². The third-order valence-electron chi connectivity index (χ3n) is 1.19. The van der Waals surface area contributed by atoms with E-state index in [2.05, 4.69) is 0 Å². The first-order valence-corrected chi connectivity index (χ1v) is 6.84. The average molecular weight is 264 g/mol. The quantitative estimate of drug-likeness (QED) is 0.515. The maximum atomic E-state index is 11.9. The van der Waals surface area contributed by atoms with Gasteiger partial charge in [-0.1, -0.05) is 65.3 Å². The van der Waals surface area contributed by atoms with E-state index in [-0.39, 0.29) is 0 Å². The van der Waals surface area contributed by atoms with Crippen molar-refractivity contribution < 1.29 is 19.4 Å². The second-order valence-corrected chi connectivity index (χ2v) is 4.69. The molecule has 16 heavy (non-hydrogen) atoms. The van der Waals surface area contributed by atoms with E-state index in [1.807, 2.05) is 27.7 Å². The van der Waals surface area contributed by atoms with Crippen molar-refractivity contribution in [3.05, 3.63) is 30.3 Å². The van der Waals surface area contributed by atoms with Crippen molar-refractivity contribution in [3.63, 3.8) is 0 Å². The molecular weight excluding hydrogens is 247 g/mol. The summed E-state index contributed by atoms with van der Waals surface area (Å²) in [5.74, 6) is 0. The molecule has 0 radical (unpaired) electrons. The number of hydrogen-bond donors (Lipinski definition) is 0. The van der Waals surface area contributed by atoms with Gasteiger partial charge in [0.25, 0.3) is 0 Å². The van der Waals surface area contributed by atoms with Crippen molar-refractivity contribution in [1.29, 1.82) is 0 Å². The molecule has 6 heteroatoms. The zero-order valence-electron chi connectivity index (χ0n) is 9.68. The Labute approximate surface area is 93.2 Å². The van der Waals surface area contributed by atoms with E-state index in [4.69, 9.17) is 0 Å². The molecule has 0 atom stereocenters. The van der Waals surface area contributed by atoms with Crippen molar-refractivity contribution in [3.8, 4) is 0 Å². The zero-order chi connectivity index (χ0) is 13.5. The molecule has 0 saturated heterocycles. The number of hydrogen-bond acceptors (Lipinski definition) is 0. The molecule has 0 saturated carbocycles. The molecule has 0 fully saturated rings. The summed E-state index contributed by atoms with van der Waals surface area (Å²) in [6, 6.07) is 3.82. The maximum Gasteiger partial charge on any atom is 0.310 e. The Balaban J connectivity index is 0. The Bertz CT molecular complexity index is 288. The van der Waals surface area contributed by atoms with Crippen LogP contribution in [0.3, 0.4) is 0 Å².